The molecule has 2 unspecified atom stereocenters. The van der Waals surface area contributed by atoms with Crippen LogP contribution in [0.1, 0.15) is 11.3 Å². The lowest BCUT2D eigenvalue weighted by Crippen LogP contribution is -2.19. The molecule has 1 N–H and O–H groups in total. The molecule has 0 saturated carbocycles. The Labute approximate surface area is 207 Å². The lowest BCUT2D eigenvalue weighted by Gasteiger charge is -2.12. The topological polar surface area (TPSA) is 90.8 Å². The van der Waals surface area contributed by atoms with Crippen LogP contribution in [0.25, 0.3) is 10.9 Å². The van der Waals surface area contributed by atoms with Gasteiger partial charge in [0.25, 0.3) is 0 Å². The number of anilines is 2. The van der Waals surface area contributed by atoms with Gasteiger partial charge in [0, 0.05) is 23.7 Å². The van der Waals surface area contributed by atoms with Crippen LogP contribution in [0.4, 0.5) is 11.5 Å². The molecular formula is C26H22ClN5O3. The minimum Gasteiger partial charge on any atom is -0.486 e. The van der Waals surface area contributed by atoms with Crippen molar-refractivity contribution in [2.24, 2.45) is 4.99 Å². The number of rotatable bonds is 7. The quantitative estimate of drug-likeness (QED) is 0.402. The minimum atomic E-state index is 0.0478. The number of hydrogen-bond donors (Lipinski definition) is 1. The Balaban J connectivity index is 1.19. The summed E-state index contributed by atoms with van der Waals surface area (Å²) in [5.74, 6) is 2.03. The molecule has 2 aromatic carbocycles. The summed E-state index contributed by atoms with van der Waals surface area (Å²) in [5, 5.41) is 4.76. The zero-order valence-corrected chi connectivity index (χ0v) is 19.5. The number of ether oxygens (including phenoxy) is 3. The van der Waals surface area contributed by atoms with E-state index in [0.29, 0.717) is 42.8 Å². The van der Waals surface area contributed by atoms with Crippen LogP contribution in [0.3, 0.4) is 0 Å². The maximum Gasteiger partial charge on any atom is 0.188 e. The standard InChI is InChI=1S/C26H22ClN5O3/c27-20-11-17(5-7-23(20)34-12-18-3-1-2-8-28-18)31-26-19-9-16(4-6-21(19)29-15-30-26)10-25-32-22-13-33-14-24(22)35-25/h1-9,11,15,22,24H,10,12-14H2,(H,29,30,31). The maximum atomic E-state index is 6.49. The van der Waals surface area contributed by atoms with Crippen molar-refractivity contribution in [3.63, 3.8) is 0 Å². The molecule has 0 bridgehead atoms. The normalized spacial score (nSPS) is 18.7. The van der Waals surface area contributed by atoms with Gasteiger partial charge in [0.15, 0.2) is 5.90 Å². The summed E-state index contributed by atoms with van der Waals surface area (Å²) >= 11 is 6.49. The predicted octanol–water partition coefficient (Wildman–Crippen LogP) is 4.74. The van der Waals surface area contributed by atoms with Crippen molar-refractivity contribution < 1.29 is 14.2 Å². The first-order chi connectivity index (χ1) is 17.2. The Morgan fingerprint density at radius 2 is 2.00 bits per heavy atom. The van der Waals surface area contributed by atoms with Gasteiger partial charge in [-0.3, -0.25) is 4.98 Å². The number of pyridine rings is 1. The molecule has 0 amide bonds. The highest BCUT2D eigenvalue weighted by atomic mass is 35.5. The van der Waals surface area contributed by atoms with Gasteiger partial charge in [-0.15, -0.1) is 0 Å². The molecule has 9 heteroatoms. The second kappa shape index (κ2) is 9.48. The van der Waals surface area contributed by atoms with Crippen molar-refractivity contribution in [2.45, 2.75) is 25.2 Å². The second-order valence-corrected chi connectivity index (χ2v) is 8.82. The highest BCUT2D eigenvalue weighted by Gasteiger charge is 2.35. The smallest absolute Gasteiger partial charge is 0.188 e. The number of aliphatic imine (C=N–C) groups is 1. The number of fused-ring (bicyclic) bond motifs is 2. The van der Waals surface area contributed by atoms with Crippen molar-refractivity contribution in [3.8, 4) is 5.75 Å². The Morgan fingerprint density at radius 1 is 1.03 bits per heavy atom. The van der Waals surface area contributed by atoms with Crippen LogP contribution in [0.5, 0.6) is 5.75 Å². The van der Waals surface area contributed by atoms with Gasteiger partial charge in [0.2, 0.25) is 0 Å². The van der Waals surface area contributed by atoms with Gasteiger partial charge in [-0.2, -0.15) is 0 Å². The van der Waals surface area contributed by atoms with E-state index in [1.165, 1.54) is 0 Å². The average Bonchev–Trinajstić information content (AvgIpc) is 3.47. The number of nitrogens with zero attached hydrogens (tertiary/aromatic N) is 4. The largest absolute Gasteiger partial charge is 0.486 e. The molecule has 4 heterocycles. The lowest BCUT2D eigenvalue weighted by molar-refractivity contribution is 0.136. The summed E-state index contributed by atoms with van der Waals surface area (Å²) in [5.41, 5.74) is 3.54. The van der Waals surface area contributed by atoms with E-state index in [1.54, 1.807) is 12.5 Å². The van der Waals surface area contributed by atoms with E-state index >= 15 is 0 Å². The summed E-state index contributed by atoms with van der Waals surface area (Å²) in [7, 11) is 0. The highest BCUT2D eigenvalue weighted by molar-refractivity contribution is 6.32. The summed E-state index contributed by atoms with van der Waals surface area (Å²) in [6.07, 6.45) is 3.94. The molecule has 35 heavy (non-hydrogen) atoms. The molecule has 0 aliphatic carbocycles. The van der Waals surface area contributed by atoms with Gasteiger partial charge in [-0.1, -0.05) is 23.7 Å². The van der Waals surface area contributed by atoms with Crippen LogP contribution in [-0.4, -0.2) is 46.2 Å². The Kier molecular flexibility index (Phi) is 5.89. The van der Waals surface area contributed by atoms with Crippen LogP contribution in [0, 0.1) is 0 Å². The monoisotopic (exact) mass is 487 g/mol. The zero-order valence-electron chi connectivity index (χ0n) is 18.7. The van der Waals surface area contributed by atoms with E-state index < -0.39 is 0 Å². The van der Waals surface area contributed by atoms with Crippen molar-refractivity contribution in [1.29, 1.82) is 0 Å². The molecule has 176 valence electrons. The number of nitrogens with one attached hydrogen (secondary N) is 1. The molecule has 1 fully saturated rings. The predicted molar refractivity (Wildman–Crippen MR) is 133 cm³/mol. The third kappa shape index (κ3) is 4.76. The number of halogens is 1. The molecule has 8 nitrogen and oxygen atoms in total. The maximum absolute atomic E-state index is 6.49. The zero-order chi connectivity index (χ0) is 23.6. The Hall–Kier alpha value is -3.75. The third-order valence-corrected chi connectivity index (χ3v) is 6.24. The van der Waals surface area contributed by atoms with E-state index in [0.717, 1.165) is 33.7 Å². The summed E-state index contributed by atoms with van der Waals surface area (Å²) < 4.78 is 17.2. The highest BCUT2D eigenvalue weighted by Crippen LogP contribution is 2.31. The molecule has 2 aliphatic rings. The average molecular weight is 488 g/mol. The van der Waals surface area contributed by atoms with Crippen molar-refractivity contribution in [1.82, 2.24) is 15.0 Å². The SMILES string of the molecule is Clc1cc(Nc2ncnc3ccc(CC4=NC5COCC5O4)cc23)ccc1OCc1ccccn1. The van der Waals surface area contributed by atoms with Gasteiger partial charge >= 0.3 is 0 Å². The van der Waals surface area contributed by atoms with Gasteiger partial charge in [0.05, 0.1) is 29.4 Å². The number of hydrogen-bond acceptors (Lipinski definition) is 8. The van der Waals surface area contributed by atoms with Gasteiger partial charge in [-0.05, 0) is 48.0 Å². The Morgan fingerprint density at radius 3 is 2.86 bits per heavy atom. The van der Waals surface area contributed by atoms with Crippen LogP contribution < -0.4 is 10.1 Å². The lowest BCUT2D eigenvalue weighted by atomic mass is 10.1. The molecule has 1 saturated heterocycles. The van der Waals surface area contributed by atoms with E-state index in [4.69, 9.17) is 25.8 Å². The fourth-order valence-electron chi connectivity index (χ4n) is 4.19. The fraction of sp³-hybridized carbons (Fsp3) is 0.231. The minimum absolute atomic E-state index is 0.0478. The van der Waals surface area contributed by atoms with E-state index in [2.05, 4.69) is 31.3 Å². The molecule has 0 spiro atoms. The molecule has 2 atom stereocenters. The second-order valence-electron chi connectivity index (χ2n) is 8.41. The van der Waals surface area contributed by atoms with Crippen LogP contribution in [0.2, 0.25) is 5.02 Å². The molecule has 2 aromatic heterocycles. The van der Waals surface area contributed by atoms with E-state index in [9.17, 15) is 0 Å². The van der Waals surface area contributed by atoms with Crippen molar-refractivity contribution in [2.75, 3.05) is 18.5 Å². The summed E-state index contributed by atoms with van der Waals surface area (Å²) in [6, 6.07) is 17.5. The van der Waals surface area contributed by atoms with Crippen LogP contribution in [0.15, 0.2) is 72.1 Å². The molecule has 2 aliphatic heterocycles. The van der Waals surface area contributed by atoms with Crippen molar-refractivity contribution >= 4 is 39.9 Å². The molecule has 4 aromatic rings. The first-order valence-electron chi connectivity index (χ1n) is 11.4. The van der Waals surface area contributed by atoms with Crippen LogP contribution in [-0.2, 0) is 22.5 Å². The Bertz CT molecular complexity index is 1400. The number of benzene rings is 2. The fourth-order valence-corrected chi connectivity index (χ4v) is 4.42. The van der Waals surface area contributed by atoms with E-state index in [-0.39, 0.29) is 12.1 Å². The van der Waals surface area contributed by atoms with E-state index in [1.807, 2.05) is 48.5 Å². The van der Waals surface area contributed by atoms with Gasteiger partial charge in [-0.25, -0.2) is 15.0 Å². The third-order valence-electron chi connectivity index (χ3n) is 5.95. The first-order valence-corrected chi connectivity index (χ1v) is 11.7. The molecular weight excluding hydrogens is 466 g/mol. The van der Waals surface area contributed by atoms with Crippen molar-refractivity contribution in [3.05, 3.63) is 83.4 Å². The molecule has 0 radical (unpaired) electrons. The van der Waals surface area contributed by atoms with Gasteiger partial charge in [0.1, 0.15) is 36.6 Å². The van der Waals surface area contributed by atoms with Crippen LogP contribution >= 0.6 is 11.6 Å². The number of aromatic nitrogens is 3. The summed E-state index contributed by atoms with van der Waals surface area (Å²) in [4.78, 5) is 17.8. The van der Waals surface area contributed by atoms with Gasteiger partial charge < -0.3 is 19.5 Å². The molecule has 6 rings (SSSR count). The summed E-state index contributed by atoms with van der Waals surface area (Å²) in [6.45, 7) is 1.58. The first kappa shape index (κ1) is 21.8.